The molecule has 2 amide bonds. The van der Waals surface area contributed by atoms with Gasteiger partial charge in [0.15, 0.2) is 0 Å². The molecule has 0 bridgehead atoms. The van der Waals surface area contributed by atoms with Crippen molar-refractivity contribution in [1.82, 2.24) is 10.2 Å². The second-order valence-electron chi connectivity index (χ2n) is 7.78. The van der Waals surface area contributed by atoms with Crippen LogP contribution in [0.25, 0.3) is 0 Å². The summed E-state index contributed by atoms with van der Waals surface area (Å²) in [5.41, 5.74) is 3.07. The van der Waals surface area contributed by atoms with Crippen LogP contribution in [-0.4, -0.2) is 43.2 Å². The van der Waals surface area contributed by atoms with Gasteiger partial charge in [0, 0.05) is 36.3 Å². The van der Waals surface area contributed by atoms with Crippen LogP contribution in [0.5, 0.6) is 5.75 Å². The van der Waals surface area contributed by atoms with Gasteiger partial charge in [-0.2, -0.15) is 0 Å². The van der Waals surface area contributed by atoms with Crippen molar-refractivity contribution in [2.24, 2.45) is 0 Å². The Kier molecular flexibility index (Phi) is 5.81. The van der Waals surface area contributed by atoms with Gasteiger partial charge in [-0.15, -0.1) is 0 Å². The highest BCUT2D eigenvalue weighted by molar-refractivity contribution is 5.89. The van der Waals surface area contributed by atoms with E-state index in [0.29, 0.717) is 6.04 Å². The summed E-state index contributed by atoms with van der Waals surface area (Å²) in [6, 6.07) is 16.7. The number of hydrogen-bond donors (Lipinski definition) is 2. The topological polar surface area (TPSA) is 53.6 Å². The van der Waals surface area contributed by atoms with Crippen molar-refractivity contribution in [3.05, 3.63) is 59.7 Å². The van der Waals surface area contributed by atoms with Crippen molar-refractivity contribution in [2.45, 2.75) is 44.2 Å². The standard InChI is InChI=1S/C23H29N3O2/c1-28-22-11-10-19(16-18(22)15-17-7-3-2-4-8-17)24-23(27)25-20-12-14-26-13-6-5-9-21(20)26/h2-4,7-8,10-11,16,20-21H,5-6,9,12-15H2,1H3,(H2,24,25,27). The van der Waals surface area contributed by atoms with Gasteiger partial charge in [-0.3, -0.25) is 4.90 Å². The Bertz CT molecular complexity index is 809. The molecule has 4 rings (SSSR count). The summed E-state index contributed by atoms with van der Waals surface area (Å²) in [6.07, 6.45) is 5.54. The molecule has 28 heavy (non-hydrogen) atoms. The molecule has 148 valence electrons. The summed E-state index contributed by atoms with van der Waals surface area (Å²) < 4.78 is 5.51. The van der Waals surface area contributed by atoms with Crippen LogP contribution in [0.4, 0.5) is 10.5 Å². The van der Waals surface area contributed by atoms with Gasteiger partial charge in [0.2, 0.25) is 0 Å². The van der Waals surface area contributed by atoms with Gasteiger partial charge >= 0.3 is 6.03 Å². The zero-order chi connectivity index (χ0) is 19.3. The fourth-order valence-electron chi connectivity index (χ4n) is 4.56. The van der Waals surface area contributed by atoms with E-state index in [2.05, 4.69) is 27.7 Å². The average molecular weight is 380 g/mol. The largest absolute Gasteiger partial charge is 0.496 e. The monoisotopic (exact) mass is 379 g/mol. The maximum atomic E-state index is 12.6. The second-order valence-corrected chi connectivity index (χ2v) is 7.78. The van der Waals surface area contributed by atoms with Crippen molar-refractivity contribution in [3.63, 3.8) is 0 Å². The molecule has 2 saturated heterocycles. The number of methoxy groups -OCH3 is 1. The Balaban J connectivity index is 1.41. The minimum absolute atomic E-state index is 0.117. The molecule has 2 fully saturated rings. The van der Waals surface area contributed by atoms with E-state index in [1.807, 2.05) is 36.4 Å². The SMILES string of the molecule is COc1ccc(NC(=O)NC2CCN3CCCCC23)cc1Cc1ccccc1. The molecule has 0 aromatic heterocycles. The number of rotatable bonds is 5. The second kappa shape index (κ2) is 8.65. The number of fused-ring (bicyclic) bond motifs is 1. The number of carbonyl (C=O) groups is 1. The van der Waals surface area contributed by atoms with Crippen molar-refractivity contribution in [3.8, 4) is 5.75 Å². The zero-order valence-corrected chi connectivity index (χ0v) is 16.5. The molecule has 0 radical (unpaired) electrons. The van der Waals surface area contributed by atoms with E-state index >= 15 is 0 Å². The fourth-order valence-corrected chi connectivity index (χ4v) is 4.56. The molecule has 2 aliphatic heterocycles. The molecule has 2 heterocycles. The molecule has 5 nitrogen and oxygen atoms in total. The number of carbonyl (C=O) groups excluding carboxylic acids is 1. The predicted octanol–water partition coefficient (Wildman–Crippen LogP) is 4.03. The van der Waals surface area contributed by atoms with Crippen LogP contribution in [-0.2, 0) is 6.42 Å². The number of ether oxygens (including phenoxy) is 1. The van der Waals surface area contributed by atoms with Gasteiger partial charge in [0.1, 0.15) is 5.75 Å². The zero-order valence-electron chi connectivity index (χ0n) is 16.5. The summed E-state index contributed by atoms with van der Waals surface area (Å²) in [6.45, 7) is 2.27. The van der Waals surface area contributed by atoms with Crippen molar-refractivity contribution >= 4 is 11.7 Å². The van der Waals surface area contributed by atoms with Crippen LogP contribution in [0.3, 0.4) is 0 Å². The van der Waals surface area contributed by atoms with Gasteiger partial charge in [-0.05, 0) is 49.6 Å². The van der Waals surface area contributed by atoms with E-state index < -0.39 is 0 Å². The molecular weight excluding hydrogens is 350 g/mol. The molecule has 0 aliphatic carbocycles. The predicted molar refractivity (Wildman–Crippen MR) is 112 cm³/mol. The molecule has 2 aromatic carbocycles. The molecular formula is C23H29N3O2. The Labute approximate surface area is 167 Å². The minimum atomic E-state index is -0.117. The van der Waals surface area contributed by atoms with E-state index in [4.69, 9.17) is 4.74 Å². The van der Waals surface area contributed by atoms with Gasteiger partial charge < -0.3 is 15.4 Å². The molecule has 0 spiro atoms. The summed E-state index contributed by atoms with van der Waals surface area (Å²) in [7, 11) is 1.68. The van der Waals surface area contributed by atoms with Crippen LogP contribution >= 0.6 is 0 Å². The maximum absolute atomic E-state index is 12.6. The van der Waals surface area contributed by atoms with Gasteiger partial charge in [0.25, 0.3) is 0 Å². The fraction of sp³-hybridized carbons (Fsp3) is 0.435. The van der Waals surface area contributed by atoms with Crippen molar-refractivity contribution in [2.75, 3.05) is 25.5 Å². The van der Waals surface area contributed by atoms with E-state index in [1.165, 1.54) is 31.4 Å². The third-order valence-corrected chi connectivity index (χ3v) is 5.95. The Hall–Kier alpha value is -2.53. The number of anilines is 1. The van der Waals surface area contributed by atoms with Crippen LogP contribution < -0.4 is 15.4 Å². The lowest BCUT2D eigenvalue weighted by Crippen LogP contribution is -2.47. The van der Waals surface area contributed by atoms with Crippen LogP contribution in [0.2, 0.25) is 0 Å². The minimum Gasteiger partial charge on any atom is -0.496 e. The number of piperidine rings is 1. The summed E-state index contributed by atoms with van der Waals surface area (Å²) in [5, 5.41) is 6.22. The highest BCUT2D eigenvalue weighted by atomic mass is 16.5. The molecule has 2 atom stereocenters. The lowest BCUT2D eigenvalue weighted by Gasteiger charge is -2.32. The number of hydrogen-bond acceptors (Lipinski definition) is 3. The lowest BCUT2D eigenvalue weighted by molar-refractivity contribution is 0.180. The third kappa shape index (κ3) is 4.30. The Morgan fingerprint density at radius 1 is 1.11 bits per heavy atom. The Morgan fingerprint density at radius 3 is 2.79 bits per heavy atom. The smallest absolute Gasteiger partial charge is 0.319 e. The summed E-state index contributed by atoms with van der Waals surface area (Å²) in [4.78, 5) is 15.1. The molecule has 2 aromatic rings. The van der Waals surface area contributed by atoms with Gasteiger partial charge in [-0.25, -0.2) is 4.79 Å². The number of benzene rings is 2. The van der Waals surface area contributed by atoms with E-state index in [-0.39, 0.29) is 12.1 Å². The van der Waals surface area contributed by atoms with Gasteiger partial charge in [-0.1, -0.05) is 36.8 Å². The highest BCUT2D eigenvalue weighted by Crippen LogP contribution is 2.28. The van der Waals surface area contributed by atoms with E-state index in [0.717, 1.165) is 36.4 Å². The maximum Gasteiger partial charge on any atom is 0.319 e. The molecule has 0 saturated carbocycles. The van der Waals surface area contributed by atoms with Crippen molar-refractivity contribution < 1.29 is 9.53 Å². The quantitative estimate of drug-likeness (QED) is 0.825. The van der Waals surface area contributed by atoms with Crippen LogP contribution in [0.15, 0.2) is 48.5 Å². The number of nitrogens with zero attached hydrogens (tertiary/aromatic N) is 1. The van der Waals surface area contributed by atoms with Crippen molar-refractivity contribution in [1.29, 1.82) is 0 Å². The van der Waals surface area contributed by atoms with Crippen LogP contribution in [0, 0.1) is 0 Å². The molecule has 2 aliphatic rings. The summed E-state index contributed by atoms with van der Waals surface area (Å²) in [5.74, 6) is 0.837. The first kappa shape index (κ1) is 18.8. The normalized spacial score (nSPS) is 21.8. The number of nitrogens with one attached hydrogen (secondary N) is 2. The Morgan fingerprint density at radius 2 is 1.96 bits per heavy atom. The van der Waals surface area contributed by atoms with E-state index in [9.17, 15) is 4.79 Å². The van der Waals surface area contributed by atoms with Crippen LogP contribution in [0.1, 0.15) is 36.8 Å². The third-order valence-electron chi connectivity index (χ3n) is 5.95. The van der Waals surface area contributed by atoms with E-state index in [1.54, 1.807) is 7.11 Å². The molecule has 2 N–H and O–H groups in total. The lowest BCUT2D eigenvalue weighted by atomic mass is 9.99. The van der Waals surface area contributed by atoms with Gasteiger partial charge in [0.05, 0.1) is 7.11 Å². The number of urea groups is 1. The number of amides is 2. The molecule has 2 unspecified atom stereocenters. The first-order valence-electron chi connectivity index (χ1n) is 10.3. The molecule has 5 heteroatoms. The average Bonchev–Trinajstić information content (AvgIpc) is 3.12. The first-order chi connectivity index (χ1) is 13.7. The first-order valence-corrected chi connectivity index (χ1v) is 10.3. The highest BCUT2D eigenvalue weighted by Gasteiger charge is 2.36. The summed E-state index contributed by atoms with van der Waals surface area (Å²) >= 11 is 0.